The van der Waals surface area contributed by atoms with Gasteiger partial charge in [0.1, 0.15) is 17.3 Å². The number of hydrogen-bond donors (Lipinski definition) is 1. The minimum absolute atomic E-state index is 0.0536. The summed E-state index contributed by atoms with van der Waals surface area (Å²) in [5.74, 6) is -0.252. The van der Waals surface area contributed by atoms with Gasteiger partial charge in [-0.3, -0.25) is 9.59 Å². The van der Waals surface area contributed by atoms with Crippen LogP contribution in [0.2, 0.25) is 0 Å². The molecule has 0 bridgehead atoms. The number of unbranched alkanes of at least 4 members (excludes halogenated alkanes) is 2. The van der Waals surface area contributed by atoms with Gasteiger partial charge >= 0.3 is 0 Å². The maximum atomic E-state index is 13.0. The highest BCUT2D eigenvalue weighted by atomic mass is 16.5. The fourth-order valence-corrected chi connectivity index (χ4v) is 3.84. The van der Waals surface area contributed by atoms with Crippen molar-refractivity contribution in [2.24, 2.45) is 0 Å². The van der Waals surface area contributed by atoms with Crippen LogP contribution in [0.25, 0.3) is 5.76 Å². The molecule has 2 aromatic rings. The van der Waals surface area contributed by atoms with Gasteiger partial charge in [0.05, 0.1) is 31.9 Å². The second-order valence-electron chi connectivity index (χ2n) is 7.84. The largest absolute Gasteiger partial charge is 0.507 e. The molecule has 7 nitrogen and oxygen atoms in total. The number of nitrogens with zero attached hydrogens (tertiary/aromatic N) is 1. The number of rotatable bonds is 11. The topological polar surface area (TPSA) is 85.3 Å². The average molecular weight is 454 g/mol. The first-order valence-electron chi connectivity index (χ1n) is 11.2. The van der Waals surface area contributed by atoms with E-state index in [9.17, 15) is 14.7 Å². The van der Waals surface area contributed by atoms with Crippen molar-refractivity contribution in [3.8, 4) is 11.5 Å². The number of Topliss-reactive ketones (excluding diaryl/α,β-unsaturated/α-hetero) is 1. The van der Waals surface area contributed by atoms with Gasteiger partial charge in [-0.15, -0.1) is 0 Å². The van der Waals surface area contributed by atoms with Gasteiger partial charge in [-0.25, -0.2) is 0 Å². The zero-order valence-corrected chi connectivity index (χ0v) is 19.4. The van der Waals surface area contributed by atoms with Crippen LogP contribution in [0.5, 0.6) is 11.5 Å². The Morgan fingerprint density at radius 1 is 0.939 bits per heavy atom. The molecule has 1 N–H and O–H groups in total. The first kappa shape index (κ1) is 24.3. The molecule has 2 aromatic carbocycles. The number of methoxy groups -OCH3 is 2. The van der Waals surface area contributed by atoms with Gasteiger partial charge in [0.2, 0.25) is 0 Å². The van der Waals surface area contributed by atoms with E-state index in [0.717, 1.165) is 19.3 Å². The number of ether oxygens (including phenoxy) is 3. The quantitative estimate of drug-likeness (QED) is 0.236. The summed E-state index contributed by atoms with van der Waals surface area (Å²) in [5.41, 5.74) is 1.19. The van der Waals surface area contributed by atoms with E-state index >= 15 is 0 Å². The number of likely N-dealkylation sites (tertiary alicyclic amines) is 1. The maximum Gasteiger partial charge on any atom is 0.295 e. The van der Waals surface area contributed by atoms with Crippen molar-refractivity contribution in [2.45, 2.75) is 32.2 Å². The van der Waals surface area contributed by atoms with E-state index in [2.05, 4.69) is 6.92 Å². The number of hydrogen-bond acceptors (Lipinski definition) is 6. The zero-order valence-electron chi connectivity index (χ0n) is 19.4. The molecule has 0 spiro atoms. The Balaban J connectivity index is 1.95. The van der Waals surface area contributed by atoms with Crippen LogP contribution in [0.4, 0.5) is 0 Å². The van der Waals surface area contributed by atoms with E-state index in [0.29, 0.717) is 29.2 Å². The van der Waals surface area contributed by atoms with Crippen LogP contribution in [0.1, 0.15) is 43.4 Å². The number of ketones is 1. The maximum absolute atomic E-state index is 13.0. The van der Waals surface area contributed by atoms with E-state index < -0.39 is 17.7 Å². The van der Waals surface area contributed by atoms with Crippen molar-refractivity contribution >= 4 is 17.4 Å². The summed E-state index contributed by atoms with van der Waals surface area (Å²) in [6, 6.07) is 13.3. The molecule has 7 heteroatoms. The van der Waals surface area contributed by atoms with Crippen molar-refractivity contribution in [1.29, 1.82) is 0 Å². The molecule has 1 aliphatic rings. The van der Waals surface area contributed by atoms with Crippen LogP contribution < -0.4 is 9.47 Å². The predicted octanol–water partition coefficient (Wildman–Crippen LogP) is 4.33. The first-order valence-corrected chi connectivity index (χ1v) is 11.2. The van der Waals surface area contributed by atoms with Crippen LogP contribution in [0.15, 0.2) is 54.1 Å². The molecule has 0 saturated carbocycles. The highest BCUT2D eigenvalue weighted by molar-refractivity contribution is 6.46. The molecule has 33 heavy (non-hydrogen) atoms. The van der Waals surface area contributed by atoms with E-state index in [1.54, 1.807) is 55.6 Å². The third-order valence-corrected chi connectivity index (χ3v) is 5.65. The van der Waals surface area contributed by atoms with Crippen LogP contribution in [-0.2, 0) is 14.3 Å². The van der Waals surface area contributed by atoms with Crippen molar-refractivity contribution in [3.05, 3.63) is 65.2 Å². The molecule has 1 heterocycles. The Bertz CT molecular complexity index is 981. The molecule has 176 valence electrons. The molecule has 1 fully saturated rings. The first-order chi connectivity index (χ1) is 16.0. The van der Waals surface area contributed by atoms with Gasteiger partial charge in [-0.2, -0.15) is 0 Å². The summed E-state index contributed by atoms with van der Waals surface area (Å²) in [4.78, 5) is 27.2. The van der Waals surface area contributed by atoms with Gasteiger partial charge in [-0.1, -0.05) is 31.9 Å². The third-order valence-electron chi connectivity index (χ3n) is 5.65. The lowest BCUT2D eigenvalue weighted by Crippen LogP contribution is -2.32. The SMILES string of the molecule is CCCCCOc1ccc(/C(O)=C2/C(=O)C(=O)N(CCOC)C2c2ccc(OC)cc2)cc1. The fraction of sp³-hybridized carbons (Fsp3) is 0.385. The summed E-state index contributed by atoms with van der Waals surface area (Å²) in [7, 11) is 3.10. The van der Waals surface area contributed by atoms with Gasteiger partial charge in [0.15, 0.2) is 0 Å². The Morgan fingerprint density at radius 3 is 2.21 bits per heavy atom. The molecular formula is C26H31NO6. The lowest BCUT2D eigenvalue weighted by molar-refractivity contribution is -0.140. The number of benzene rings is 2. The minimum atomic E-state index is -0.726. The van der Waals surface area contributed by atoms with Gasteiger partial charge in [-0.05, 0) is 48.4 Å². The van der Waals surface area contributed by atoms with Crippen molar-refractivity contribution in [1.82, 2.24) is 4.90 Å². The van der Waals surface area contributed by atoms with Crippen LogP contribution in [-0.4, -0.2) is 55.7 Å². The zero-order chi connectivity index (χ0) is 23.8. The molecule has 1 aliphatic heterocycles. The number of carbonyl (C=O) groups excluding carboxylic acids is 2. The molecule has 1 saturated heterocycles. The second kappa shape index (κ2) is 11.5. The third kappa shape index (κ3) is 5.54. The van der Waals surface area contributed by atoms with Crippen molar-refractivity contribution < 1.29 is 28.9 Å². The molecule has 1 unspecified atom stereocenters. The molecule has 3 rings (SSSR count). The summed E-state index contributed by atoms with van der Waals surface area (Å²) in [6.45, 7) is 3.25. The standard InChI is InChI=1S/C26H31NO6/c1-4-5-6-16-33-21-13-9-19(10-14-21)24(28)22-23(18-7-11-20(32-3)12-8-18)27(15-17-31-2)26(30)25(22)29/h7-14,23,28H,4-6,15-17H2,1-3H3/b24-22-. The van der Waals surface area contributed by atoms with Crippen molar-refractivity contribution in [3.63, 3.8) is 0 Å². The van der Waals surface area contributed by atoms with Gasteiger partial charge in [0, 0.05) is 19.2 Å². The number of carbonyl (C=O) groups is 2. The summed E-state index contributed by atoms with van der Waals surface area (Å²) in [6.07, 6.45) is 3.20. The molecule has 0 aliphatic carbocycles. The average Bonchev–Trinajstić information content (AvgIpc) is 3.10. The number of aliphatic hydroxyl groups is 1. The lowest BCUT2D eigenvalue weighted by atomic mass is 9.95. The van der Waals surface area contributed by atoms with Gasteiger partial charge in [0.25, 0.3) is 11.7 Å². The smallest absolute Gasteiger partial charge is 0.295 e. The molecule has 1 amide bonds. The van der Waals surface area contributed by atoms with Crippen molar-refractivity contribution in [2.75, 3.05) is 34.0 Å². The Labute approximate surface area is 194 Å². The van der Waals surface area contributed by atoms with Crippen LogP contribution >= 0.6 is 0 Å². The predicted molar refractivity (Wildman–Crippen MR) is 125 cm³/mol. The molecule has 0 aromatic heterocycles. The van der Waals surface area contributed by atoms with E-state index in [-0.39, 0.29) is 24.5 Å². The Morgan fingerprint density at radius 2 is 1.61 bits per heavy atom. The fourth-order valence-electron chi connectivity index (χ4n) is 3.84. The number of amides is 1. The van der Waals surface area contributed by atoms with E-state index in [1.807, 2.05) is 0 Å². The lowest BCUT2D eigenvalue weighted by Gasteiger charge is -2.25. The second-order valence-corrected chi connectivity index (χ2v) is 7.84. The summed E-state index contributed by atoms with van der Waals surface area (Å²) < 4.78 is 16.1. The Hall–Kier alpha value is -3.32. The summed E-state index contributed by atoms with van der Waals surface area (Å²) >= 11 is 0. The van der Waals surface area contributed by atoms with Crippen LogP contribution in [0, 0.1) is 0 Å². The van der Waals surface area contributed by atoms with Gasteiger partial charge < -0.3 is 24.2 Å². The monoisotopic (exact) mass is 453 g/mol. The summed E-state index contributed by atoms with van der Waals surface area (Å²) in [5, 5.41) is 11.1. The van der Waals surface area contributed by atoms with Crippen LogP contribution in [0.3, 0.4) is 0 Å². The highest BCUT2D eigenvalue weighted by Gasteiger charge is 2.45. The normalized spacial score (nSPS) is 17.4. The van der Waals surface area contributed by atoms with E-state index in [4.69, 9.17) is 14.2 Å². The Kier molecular flexibility index (Phi) is 8.49. The molecule has 0 radical (unpaired) electrons. The minimum Gasteiger partial charge on any atom is -0.507 e. The molecule has 1 atom stereocenters. The number of aliphatic hydroxyl groups excluding tert-OH is 1. The van der Waals surface area contributed by atoms with E-state index in [1.165, 1.54) is 12.0 Å². The highest BCUT2D eigenvalue weighted by Crippen LogP contribution is 2.39. The molecular weight excluding hydrogens is 422 g/mol.